The van der Waals surface area contributed by atoms with Crippen LogP contribution in [-0.4, -0.2) is 19.6 Å². The summed E-state index contributed by atoms with van der Waals surface area (Å²) in [7, 11) is 0. The molecule has 14 heavy (non-hydrogen) atoms. The zero-order chi connectivity index (χ0) is 10.0. The van der Waals surface area contributed by atoms with Crippen LogP contribution in [0.5, 0.6) is 0 Å². The number of alkyl halides is 1. The summed E-state index contributed by atoms with van der Waals surface area (Å²) in [6.07, 6.45) is 0. The fourth-order valence-electron chi connectivity index (χ4n) is 1.77. The molecule has 1 saturated heterocycles. The van der Waals surface area contributed by atoms with Crippen LogP contribution in [0.1, 0.15) is 11.1 Å². The van der Waals surface area contributed by atoms with E-state index in [1.165, 1.54) is 5.56 Å². The Morgan fingerprint density at radius 1 is 1.36 bits per heavy atom. The van der Waals surface area contributed by atoms with Gasteiger partial charge >= 0.3 is 0 Å². The summed E-state index contributed by atoms with van der Waals surface area (Å²) in [5, 5.41) is 6.64. The van der Waals surface area contributed by atoms with Crippen LogP contribution < -0.4 is 10.6 Å². The molecule has 0 radical (unpaired) electrons. The topological polar surface area (TPSA) is 24.1 Å². The maximum Gasteiger partial charge on any atom is 0.132 e. The molecule has 0 bridgehead atoms. The predicted octanol–water partition coefficient (Wildman–Crippen LogP) is 1.58. The van der Waals surface area contributed by atoms with Gasteiger partial charge in [0.1, 0.15) is 5.00 Å². The van der Waals surface area contributed by atoms with E-state index in [-0.39, 0.29) is 0 Å². The first-order chi connectivity index (χ1) is 6.71. The second-order valence-corrected chi connectivity index (χ2v) is 4.42. The van der Waals surface area contributed by atoms with Crippen molar-refractivity contribution in [3.05, 3.63) is 35.4 Å². The summed E-state index contributed by atoms with van der Waals surface area (Å²) >= 11 is 6.50. The largest absolute Gasteiger partial charge is 0.312 e. The smallest absolute Gasteiger partial charge is 0.132 e. The Hall–Kier alpha value is -0.570. The molecule has 0 spiro atoms. The van der Waals surface area contributed by atoms with Gasteiger partial charge in [0.25, 0.3) is 0 Å². The highest BCUT2D eigenvalue weighted by atomic mass is 35.5. The van der Waals surface area contributed by atoms with E-state index < -0.39 is 5.00 Å². The van der Waals surface area contributed by atoms with Gasteiger partial charge in [-0.05, 0) is 12.5 Å². The van der Waals surface area contributed by atoms with E-state index >= 15 is 0 Å². The molecule has 0 saturated carbocycles. The first-order valence-corrected chi connectivity index (χ1v) is 5.30. The minimum atomic E-state index is -0.426. The Kier molecular flexibility index (Phi) is 2.77. The first kappa shape index (κ1) is 9.97. The summed E-state index contributed by atoms with van der Waals surface area (Å²) in [5.74, 6) is 0. The van der Waals surface area contributed by atoms with Crippen LogP contribution in [0.2, 0.25) is 0 Å². The van der Waals surface area contributed by atoms with Gasteiger partial charge in [0.05, 0.1) is 0 Å². The van der Waals surface area contributed by atoms with Gasteiger partial charge in [0.15, 0.2) is 0 Å². The molecule has 1 heterocycles. The quantitative estimate of drug-likeness (QED) is 0.543. The number of benzene rings is 1. The van der Waals surface area contributed by atoms with Crippen molar-refractivity contribution < 1.29 is 0 Å². The zero-order valence-electron chi connectivity index (χ0n) is 8.31. The first-order valence-electron chi connectivity index (χ1n) is 4.92. The maximum atomic E-state index is 6.50. The second kappa shape index (κ2) is 3.89. The van der Waals surface area contributed by atoms with Crippen molar-refractivity contribution in [2.75, 3.05) is 19.6 Å². The van der Waals surface area contributed by atoms with Crippen molar-refractivity contribution in [2.45, 2.75) is 11.9 Å². The average Bonchev–Trinajstić information content (AvgIpc) is 2.19. The van der Waals surface area contributed by atoms with Crippen molar-refractivity contribution >= 4 is 11.6 Å². The molecule has 0 aliphatic carbocycles. The van der Waals surface area contributed by atoms with Crippen molar-refractivity contribution in [1.29, 1.82) is 0 Å². The Morgan fingerprint density at radius 3 is 2.86 bits per heavy atom. The number of piperazine rings is 1. The van der Waals surface area contributed by atoms with Gasteiger partial charge in [-0.1, -0.05) is 41.4 Å². The van der Waals surface area contributed by atoms with Crippen LogP contribution in [0, 0.1) is 6.92 Å². The number of hydrogen-bond donors (Lipinski definition) is 2. The molecule has 2 rings (SSSR count). The fourth-order valence-corrected chi connectivity index (χ4v) is 2.07. The zero-order valence-corrected chi connectivity index (χ0v) is 9.06. The van der Waals surface area contributed by atoms with Gasteiger partial charge in [-0.3, -0.25) is 5.32 Å². The number of hydrogen-bond acceptors (Lipinski definition) is 2. The summed E-state index contributed by atoms with van der Waals surface area (Å²) in [6.45, 7) is 4.76. The van der Waals surface area contributed by atoms with Crippen molar-refractivity contribution in [3.63, 3.8) is 0 Å². The van der Waals surface area contributed by atoms with E-state index in [0.29, 0.717) is 0 Å². The minimum Gasteiger partial charge on any atom is -0.312 e. The molecule has 1 fully saturated rings. The van der Waals surface area contributed by atoms with E-state index in [1.54, 1.807) is 0 Å². The third-order valence-corrected chi connectivity index (χ3v) is 3.04. The SMILES string of the molecule is Cc1cccc(C2(Cl)CNCCN2)c1. The normalized spacial score (nSPS) is 27.6. The molecule has 0 amide bonds. The van der Waals surface area contributed by atoms with Gasteiger partial charge in [0, 0.05) is 19.6 Å². The Morgan fingerprint density at radius 2 is 2.21 bits per heavy atom. The van der Waals surface area contributed by atoms with E-state index in [9.17, 15) is 0 Å². The molecule has 1 aliphatic heterocycles. The standard InChI is InChI=1S/C11H15ClN2/c1-9-3-2-4-10(7-9)11(12)8-13-5-6-14-11/h2-4,7,13-14H,5-6,8H2,1H3. The van der Waals surface area contributed by atoms with Crippen molar-refractivity contribution in [2.24, 2.45) is 0 Å². The monoisotopic (exact) mass is 210 g/mol. The molecule has 76 valence electrons. The lowest BCUT2D eigenvalue weighted by molar-refractivity contribution is 0.383. The molecular formula is C11H15ClN2. The molecule has 3 heteroatoms. The summed E-state index contributed by atoms with van der Waals surface area (Å²) in [6, 6.07) is 8.33. The van der Waals surface area contributed by atoms with Crippen LogP contribution in [0.3, 0.4) is 0 Å². The maximum absolute atomic E-state index is 6.50. The highest BCUT2D eigenvalue weighted by Crippen LogP contribution is 2.26. The van der Waals surface area contributed by atoms with Gasteiger partial charge in [-0.15, -0.1) is 0 Å². The van der Waals surface area contributed by atoms with Gasteiger partial charge in [-0.25, -0.2) is 0 Å². The van der Waals surface area contributed by atoms with Crippen molar-refractivity contribution in [3.8, 4) is 0 Å². The van der Waals surface area contributed by atoms with Crippen LogP contribution in [-0.2, 0) is 5.00 Å². The molecular weight excluding hydrogens is 196 g/mol. The molecule has 2 N–H and O–H groups in total. The van der Waals surface area contributed by atoms with E-state index in [4.69, 9.17) is 11.6 Å². The highest BCUT2D eigenvalue weighted by molar-refractivity contribution is 6.24. The number of nitrogens with one attached hydrogen (secondary N) is 2. The molecule has 0 aromatic heterocycles. The number of halogens is 1. The Labute approximate surface area is 89.7 Å². The lowest BCUT2D eigenvalue weighted by Gasteiger charge is -2.33. The summed E-state index contributed by atoms with van der Waals surface area (Å²) < 4.78 is 0. The minimum absolute atomic E-state index is 0.426. The molecule has 1 unspecified atom stereocenters. The van der Waals surface area contributed by atoms with Gasteiger partial charge in [0.2, 0.25) is 0 Å². The van der Waals surface area contributed by atoms with Crippen LogP contribution in [0.25, 0.3) is 0 Å². The molecule has 2 nitrogen and oxygen atoms in total. The molecule has 1 aromatic rings. The molecule has 1 aromatic carbocycles. The summed E-state index contributed by atoms with van der Waals surface area (Å²) in [5.41, 5.74) is 2.39. The Bertz CT molecular complexity index is 319. The summed E-state index contributed by atoms with van der Waals surface area (Å²) in [4.78, 5) is -0.426. The Balaban J connectivity index is 2.28. The van der Waals surface area contributed by atoms with Crippen molar-refractivity contribution in [1.82, 2.24) is 10.6 Å². The molecule has 1 atom stereocenters. The lowest BCUT2D eigenvalue weighted by Crippen LogP contribution is -2.53. The average molecular weight is 211 g/mol. The van der Waals surface area contributed by atoms with Crippen LogP contribution >= 0.6 is 11.6 Å². The van der Waals surface area contributed by atoms with Crippen LogP contribution in [0.4, 0.5) is 0 Å². The van der Waals surface area contributed by atoms with Crippen LogP contribution in [0.15, 0.2) is 24.3 Å². The highest BCUT2D eigenvalue weighted by Gasteiger charge is 2.30. The lowest BCUT2D eigenvalue weighted by atomic mass is 10.0. The van der Waals surface area contributed by atoms with E-state index in [2.05, 4.69) is 35.8 Å². The fraction of sp³-hybridized carbons (Fsp3) is 0.455. The number of rotatable bonds is 1. The number of aryl methyl sites for hydroxylation is 1. The predicted molar refractivity (Wildman–Crippen MR) is 59.6 cm³/mol. The van der Waals surface area contributed by atoms with Gasteiger partial charge < -0.3 is 5.32 Å². The third kappa shape index (κ3) is 1.92. The second-order valence-electron chi connectivity index (χ2n) is 3.77. The van der Waals surface area contributed by atoms with E-state index in [1.807, 2.05) is 6.07 Å². The van der Waals surface area contributed by atoms with Gasteiger partial charge in [-0.2, -0.15) is 0 Å². The van der Waals surface area contributed by atoms with E-state index in [0.717, 1.165) is 25.2 Å². The third-order valence-electron chi connectivity index (χ3n) is 2.55. The molecule has 1 aliphatic rings.